The van der Waals surface area contributed by atoms with Crippen LogP contribution in [0.25, 0.3) is 0 Å². The molecule has 0 spiro atoms. The number of rotatable bonds is 9. The zero-order valence-corrected chi connectivity index (χ0v) is 16.9. The Morgan fingerprint density at radius 1 is 0.867 bits per heavy atom. The summed E-state index contributed by atoms with van der Waals surface area (Å²) in [5.41, 5.74) is 5.04. The summed E-state index contributed by atoms with van der Waals surface area (Å²) in [6.07, 6.45) is 2.31. The third-order valence-corrected chi connectivity index (χ3v) is 4.22. The maximum absolute atomic E-state index is 11.9. The van der Waals surface area contributed by atoms with Crippen LogP contribution in [0.5, 0.6) is 11.5 Å². The molecule has 0 aromatic heterocycles. The highest BCUT2D eigenvalue weighted by atomic mass is 16.5. The highest BCUT2D eigenvalue weighted by molar-refractivity contribution is 5.90. The van der Waals surface area contributed by atoms with Gasteiger partial charge in [-0.05, 0) is 42.8 Å². The van der Waals surface area contributed by atoms with E-state index in [4.69, 9.17) is 9.47 Å². The van der Waals surface area contributed by atoms with Gasteiger partial charge in [-0.25, -0.2) is 10.2 Å². The molecule has 0 unspecified atom stereocenters. The molecule has 0 aliphatic rings. The molecule has 0 saturated heterocycles. The van der Waals surface area contributed by atoms with Crippen molar-refractivity contribution in [2.24, 2.45) is 5.10 Å². The Hall–Kier alpha value is -3.80. The Kier molecular flexibility index (Phi) is 7.85. The van der Waals surface area contributed by atoms with Gasteiger partial charge in [-0.15, -0.1) is 0 Å². The van der Waals surface area contributed by atoms with E-state index in [1.54, 1.807) is 18.3 Å². The van der Waals surface area contributed by atoms with Gasteiger partial charge in [0.2, 0.25) is 0 Å². The molecule has 0 aliphatic heterocycles. The van der Waals surface area contributed by atoms with Crippen molar-refractivity contribution in [2.45, 2.75) is 13.3 Å². The van der Waals surface area contributed by atoms with Crippen LogP contribution >= 0.6 is 0 Å². The lowest BCUT2D eigenvalue weighted by Crippen LogP contribution is -2.24. The van der Waals surface area contributed by atoms with Crippen molar-refractivity contribution in [3.63, 3.8) is 0 Å². The van der Waals surface area contributed by atoms with Crippen LogP contribution in [0.1, 0.15) is 17.5 Å². The average molecular weight is 403 g/mol. The van der Waals surface area contributed by atoms with Gasteiger partial charge in [-0.1, -0.05) is 48.5 Å². The average Bonchev–Trinajstić information content (AvgIpc) is 2.76. The van der Waals surface area contributed by atoms with Gasteiger partial charge >= 0.3 is 6.03 Å². The van der Waals surface area contributed by atoms with Gasteiger partial charge < -0.3 is 14.8 Å². The zero-order valence-electron chi connectivity index (χ0n) is 16.9. The summed E-state index contributed by atoms with van der Waals surface area (Å²) < 4.78 is 11.6. The van der Waals surface area contributed by atoms with Crippen LogP contribution in [0.2, 0.25) is 0 Å². The Bertz CT molecular complexity index is 974. The van der Waals surface area contributed by atoms with Crippen molar-refractivity contribution in [1.29, 1.82) is 0 Å². The molecule has 0 atom stereocenters. The molecule has 6 nitrogen and oxygen atoms in total. The molecule has 3 aromatic carbocycles. The van der Waals surface area contributed by atoms with Gasteiger partial charge in [0.15, 0.2) is 0 Å². The minimum atomic E-state index is -0.413. The molecule has 0 bridgehead atoms. The number of nitrogens with one attached hydrogen (secondary N) is 2. The number of ether oxygens (including phenoxy) is 2. The molecule has 2 amide bonds. The van der Waals surface area contributed by atoms with E-state index in [9.17, 15) is 4.79 Å². The topological polar surface area (TPSA) is 72.0 Å². The molecule has 6 heteroatoms. The van der Waals surface area contributed by atoms with E-state index < -0.39 is 6.03 Å². The van der Waals surface area contributed by atoms with Crippen molar-refractivity contribution in [1.82, 2.24) is 5.43 Å². The lowest BCUT2D eigenvalue weighted by atomic mass is 10.2. The summed E-state index contributed by atoms with van der Waals surface area (Å²) in [4.78, 5) is 11.9. The number of urea groups is 1. The molecule has 0 radical (unpaired) electrons. The van der Waals surface area contributed by atoms with Crippen LogP contribution in [-0.4, -0.2) is 25.5 Å². The Labute approximate surface area is 176 Å². The van der Waals surface area contributed by atoms with Crippen LogP contribution in [-0.2, 0) is 0 Å². The van der Waals surface area contributed by atoms with Crippen LogP contribution in [0.4, 0.5) is 10.5 Å². The van der Waals surface area contributed by atoms with E-state index in [1.165, 1.54) is 0 Å². The fourth-order valence-corrected chi connectivity index (χ4v) is 2.70. The minimum Gasteiger partial charge on any atom is -0.493 e. The summed E-state index contributed by atoms with van der Waals surface area (Å²) in [5.74, 6) is 1.59. The molecule has 0 heterocycles. The van der Waals surface area contributed by atoms with Gasteiger partial charge in [-0.3, -0.25) is 0 Å². The number of hydrazone groups is 1. The highest BCUT2D eigenvalue weighted by Crippen LogP contribution is 2.18. The van der Waals surface area contributed by atoms with E-state index in [-0.39, 0.29) is 0 Å². The fraction of sp³-hybridized carbons (Fsp3) is 0.167. The molecule has 0 saturated carbocycles. The second-order valence-electron chi connectivity index (χ2n) is 6.54. The van der Waals surface area contributed by atoms with Gasteiger partial charge in [0.05, 0.1) is 19.4 Å². The van der Waals surface area contributed by atoms with E-state index >= 15 is 0 Å². The Morgan fingerprint density at radius 2 is 1.50 bits per heavy atom. The monoisotopic (exact) mass is 403 g/mol. The molecule has 3 aromatic rings. The van der Waals surface area contributed by atoms with Crippen LogP contribution in [0.3, 0.4) is 0 Å². The minimum absolute atomic E-state index is 0.413. The molecule has 0 fully saturated rings. The third-order valence-electron chi connectivity index (χ3n) is 4.22. The van der Waals surface area contributed by atoms with Crippen molar-refractivity contribution in [2.75, 3.05) is 18.5 Å². The van der Waals surface area contributed by atoms with E-state index in [0.29, 0.717) is 24.7 Å². The largest absolute Gasteiger partial charge is 0.493 e. The first-order valence-electron chi connectivity index (χ1n) is 9.78. The number of nitrogens with zero attached hydrogens (tertiary/aromatic N) is 1. The SMILES string of the molecule is Cc1ccccc1OCCCOc1ccccc1/C=N/NC(=O)Nc1ccccc1. The van der Waals surface area contributed by atoms with Crippen LogP contribution in [0.15, 0.2) is 84.0 Å². The first kappa shape index (κ1) is 20.9. The molecule has 3 rings (SSSR count). The Morgan fingerprint density at radius 3 is 2.27 bits per heavy atom. The number of amides is 2. The van der Waals surface area contributed by atoms with E-state index in [2.05, 4.69) is 15.8 Å². The summed E-state index contributed by atoms with van der Waals surface area (Å²) >= 11 is 0. The Balaban J connectivity index is 1.44. The summed E-state index contributed by atoms with van der Waals surface area (Å²) in [6.45, 7) is 3.11. The normalized spacial score (nSPS) is 10.6. The molecular weight excluding hydrogens is 378 g/mol. The summed E-state index contributed by atoms with van der Waals surface area (Å²) in [5, 5.41) is 6.70. The maximum Gasteiger partial charge on any atom is 0.339 e. The molecule has 30 heavy (non-hydrogen) atoms. The van der Waals surface area contributed by atoms with E-state index in [0.717, 1.165) is 23.3 Å². The fourth-order valence-electron chi connectivity index (χ4n) is 2.70. The first-order chi connectivity index (χ1) is 14.7. The lowest BCUT2D eigenvalue weighted by Gasteiger charge is -2.11. The predicted octanol–water partition coefficient (Wildman–Crippen LogP) is 5.00. The second-order valence-corrected chi connectivity index (χ2v) is 6.54. The van der Waals surface area contributed by atoms with Gasteiger partial charge in [0.25, 0.3) is 0 Å². The number of anilines is 1. The lowest BCUT2D eigenvalue weighted by molar-refractivity contribution is 0.246. The smallest absolute Gasteiger partial charge is 0.339 e. The number of hydrogen-bond donors (Lipinski definition) is 2. The predicted molar refractivity (Wildman–Crippen MR) is 119 cm³/mol. The first-order valence-corrected chi connectivity index (χ1v) is 9.78. The maximum atomic E-state index is 11.9. The number of hydrogen-bond acceptors (Lipinski definition) is 4. The molecular formula is C24H25N3O3. The second kappa shape index (κ2) is 11.3. The number of carbonyl (C=O) groups excluding carboxylic acids is 1. The van der Waals surface area contributed by atoms with Gasteiger partial charge in [-0.2, -0.15) is 5.10 Å². The standard InChI is InChI=1S/C24H25N3O3/c1-19-10-5-7-14-22(19)29-16-9-17-30-23-15-8-6-11-20(23)18-25-27-24(28)26-21-12-3-2-4-13-21/h2-8,10-15,18H,9,16-17H2,1H3,(H2,26,27,28)/b25-18+. The number of carbonyl (C=O) groups is 1. The van der Waals surface area contributed by atoms with Gasteiger partial charge in [0, 0.05) is 17.7 Å². The molecule has 2 N–H and O–H groups in total. The summed E-state index contributed by atoms with van der Waals surface area (Å²) in [7, 11) is 0. The highest BCUT2D eigenvalue weighted by Gasteiger charge is 2.03. The van der Waals surface area contributed by atoms with Gasteiger partial charge in [0.1, 0.15) is 11.5 Å². The third kappa shape index (κ3) is 6.67. The summed E-state index contributed by atoms with van der Waals surface area (Å²) in [6, 6.07) is 24.2. The number of para-hydroxylation sites is 3. The van der Waals surface area contributed by atoms with Crippen LogP contribution in [0, 0.1) is 6.92 Å². The van der Waals surface area contributed by atoms with Crippen molar-refractivity contribution < 1.29 is 14.3 Å². The van der Waals surface area contributed by atoms with E-state index in [1.807, 2.05) is 73.7 Å². The van der Waals surface area contributed by atoms with Crippen LogP contribution < -0.4 is 20.2 Å². The number of aryl methyl sites for hydroxylation is 1. The molecule has 0 aliphatic carbocycles. The van der Waals surface area contributed by atoms with Crippen molar-refractivity contribution in [3.05, 3.63) is 90.0 Å². The zero-order chi connectivity index (χ0) is 21.0. The number of benzene rings is 3. The quantitative estimate of drug-likeness (QED) is 0.300. The van der Waals surface area contributed by atoms with Crippen molar-refractivity contribution >= 4 is 17.9 Å². The molecule has 154 valence electrons. The van der Waals surface area contributed by atoms with Crippen molar-refractivity contribution in [3.8, 4) is 11.5 Å².